The molecule has 0 fully saturated rings. The van der Waals surface area contributed by atoms with E-state index in [9.17, 15) is 13.2 Å². The molecule has 21 heavy (non-hydrogen) atoms. The van der Waals surface area contributed by atoms with Crippen molar-refractivity contribution in [2.45, 2.75) is 30.7 Å². The van der Waals surface area contributed by atoms with Crippen molar-refractivity contribution in [2.75, 3.05) is 19.4 Å². The number of benzene rings is 1. The molecule has 1 unspecified atom stereocenters. The van der Waals surface area contributed by atoms with Crippen LogP contribution in [0.5, 0.6) is 5.75 Å². The van der Waals surface area contributed by atoms with Crippen molar-refractivity contribution < 1.29 is 23.1 Å². The summed E-state index contributed by atoms with van der Waals surface area (Å²) < 4.78 is 28.3. The lowest BCUT2D eigenvalue weighted by Crippen LogP contribution is -2.38. The maximum atomic E-state index is 11.4. The summed E-state index contributed by atoms with van der Waals surface area (Å²) in [6, 6.07) is 5.50. The van der Waals surface area contributed by atoms with E-state index in [2.05, 4.69) is 5.32 Å². The molecule has 1 atom stereocenters. The van der Waals surface area contributed by atoms with E-state index in [1.165, 1.54) is 12.1 Å². The summed E-state index contributed by atoms with van der Waals surface area (Å²) in [5, 5.41) is 12.0. The van der Waals surface area contributed by atoms with E-state index in [1.807, 2.05) is 6.92 Å². The zero-order valence-corrected chi connectivity index (χ0v) is 13.0. The van der Waals surface area contributed by atoms with Gasteiger partial charge >= 0.3 is 5.97 Å². The van der Waals surface area contributed by atoms with Crippen LogP contribution in [0.2, 0.25) is 0 Å². The summed E-state index contributed by atoms with van der Waals surface area (Å²) in [7, 11) is -3.28. The number of carboxylic acids is 1. The van der Waals surface area contributed by atoms with Gasteiger partial charge < -0.3 is 15.2 Å². The maximum absolute atomic E-state index is 11.4. The highest BCUT2D eigenvalue weighted by Gasteiger charge is 2.16. The predicted molar refractivity (Wildman–Crippen MR) is 79.4 cm³/mol. The fourth-order valence-corrected chi connectivity index (χ4v) is 2.38. The van der Waals surface area contributed by atoms with Crippen molar-refractivity contribution in [2.24, 2.45) is 0 Å². The Kier molecular flexibility index (Phi) is 6.64. The molecule has 0 amide bonds. The van der Waals surface area contributed by atoms with Crippen LogP contribution in [-0.2, 0) is 14.6 Å². The van der Waals surface area contributed by atoms with Gasteiger partial charge in [0.15, 0.2) is 9.84 Å². The average Bonchev–Trinajstić information content (AvgIpc) is 2.41. The van der Waals surface area contributed by atoms with Crippen molar-refractivity contribution >= 4 is 15.8 Å². The highest BCUT2D eigenvalue weighted by molar-refractivity contribution is 7.90. The molecule has 0 aliphatic rings. The van der Waals surface area contributed by atoms with E-state index in [0.29, 0.717) is 18.7 Å². The van der Waals surface area contributed by atoms with Gasteiger partial charge in [-0.15, -0.1) is 0 Å². The first-order valence-corrected chi connectivity index (χ1v) is 8.63. The smallest absolute Gasteiger partial charge is 0.320 e. The van der Waals surface area contributed by atoms with Gasteiger partial charge in [0.25, 0.3) is 0 Å². The molecule has 1 aromatic rings. The van der Waals surface area contributed by atoms with E-state index in [4.69, 9.17) is 9.84 Å². The number of nitrogens with one attached hydrogen (secondary N) is 1. The molecule has 6 nitrogen and oxygen atoms in total. The molecule has 0 aliphatic heterocycles. The normalized spacial score (nSPS) is 12.9. The molecule has 2 N–H and O–H groups in total. The van der Waals surface area contributed by atoms with Gasteiger partial charge in [-0.25, -0.2) is 8.42 Å². The van der Waals surface area contributed by atoms with Gasteiger partial charge in [0.05, 0.1) is 11.5 Å². The molecule has 0 radical (unpaired) electrons. The predicted octanol–water partition coefficient (Wildman–Crippen LogP) is 1.31. The summed E-state index contributed by atoms with van der Waals surface area (Å²) in [6.45, 7) is 2.78. The van der Waals surface area contributed by atoms with Gasteiger partial charge in [0.1, 0.15) is 11.8 Å². The number of sulfone groups is 1. The molecule has 0 heterocycles. The molecule has 118 valence electrons. The first-order chi connectivity index (χ1) is 9.84. The second-order valence-electron chi connectivity index (χ2n) is 4.73. The number of carbonyl (C=O) groups is 1. The molecule has 7 heteroatoms. The van der Waals surface area contributed by atoms with E-state index in [0.717, 1.165) is 12.7 Å². The Morgan fingerprint density at radius 2 is 2.14 bits per heavy atom. The summed E-state index contributed by atoms with van der Waals surface area (Å²) in [4.78, 5) is 11.2. The van der Waals surface area contributed by atoms with Gasteiger partial charge in [-0.3, -0.25) is 4.79 Å². The number of ether oxygens (including phenoxy) is 1. The lowest BCUT2D eigenvalue weighted by Gasteiger charge is -2.14. The number of hydrogen-bond donors (Lipinski definition) is 2. The second kappa shape index (κ2) is 7.99. The van der Waals surface area contributed by atoms with Crippen LogP contribution < -0.4 is 10.1 Å². The molecule has 0 saturated heterocycles. The number of carboxylic acid groups (broad SMARTS) is 1. The zero-order valence-electron chi connectivity index (χ0n) is 12.2. The van der Waals surface area contributed by atoms with E-state index in [-0.39, 0.29) is 11.5 Å². The lowest BCUT2D eigenvalue weighted by molar-refractivity contribution is -0.139. The summed E-state index contributed by atoms with van der Waals surface area (Å²) in [5.74, 6) is -0.505. The second-order valence-corrected chi connectivity index (χ2v) is 6.74. The molecule has 0 aliphatic carbocycles. The van der Waals surface area contributed by atoms with Crippen LogP contribution in [0.3, 0.4) is 0 Å². The quantitative estimate of drug-likeness (QED) is 0.714. The Morgan fingerprint density at radius 3 is 2.71 bits per heavy atom. The molecule has 1 rings (SSSR count). The topological polar surface area (TPSA) is 92.7 Å². The highest BCUT2D eigenvalue weighted by Crippen LogP contribution is 2.17. The summed E-state index contributed by atoms with van der Waals surface area (Å²) in [5.41, 5.74) is 0. The molecule has 0 aromatic heterocycles. The third-order valence-electron chi connectivity index (χ3n) is 2.85. The van der Waals surface area contributed by atoms with Crippen LogP contribution in [0.15, 0.2) is 29.2 Å². The van der Waals surface area contributed by atoms with Gasteiger partial charge in [0.2, 0.25) is 0 Å². The minimum absolute atomic E-state index is 0.180. The van der Waals surface area contributed by atoms with Gasteiger partial charge in [0, 0.05) is 12.7 Å². The first-order valence-electron chi connectivity index (χ1n) is 6.73. The summed E-state index contributed by atoms with van der Waals surface area (Å²) in [6.07, 6.45) is 2.28. The van der Waals surface area contributed by atoms with Gasteiger partial charge in [-0.1, -0.05) is 13.0 Å². The van der Waals surface area contributed by atoms with Crippen LogP contribution in [0.25, 0.3) is 0 Å². The third kappa shape index (κ3) is 6.14. The molecule has 1 aromatic carbocycles. The van der Waals surface area contributed by atoms with Crippen molar-refractivity contribution in [1.82, 2.24) is 5.32 Å². The van der Waals surface area contributed by atoms with Crippen LogP contribution in [0, 0.1) is 0 Å². The van der Waals surface area contributed by atoms with Crippen molar-refractivity contribution in [3.63, 3.8) is 0 Å². The monoisotopic (exact) mass is 315 g/mol. The summed E-state index contributed by atoms with van der Waals surface area (Å²) >= 11 is 0. The van der Waals surface area contributed by atoms with E-state index >= 15 is 0 Å². The number of hydrogen-bond acceptors (Lipinski definition) is 5. The highest BCUT2D eigenvalue weighted by atomic mass is 32.2. The SMILES string of the molecule is CCCNC(CCOc1cccc(S(C)(=O)=O)c1)C(=O)O. The Labute approximate surface area is 125 Å². The molecule has 0 saturated carbocycles. The van der Waals surface area contributed by atoms with Crippen LogP contribution in [-0.4, -0.2) is 44.9 Å². The van der Waals surface area contributed by atoms with Crippen molar-refractivity contribution in [3.05, 3.63) is 24.3 Å². The third-order valence-corrected chi connectivity index (χ3v) is 3.96. The average molecular weight is 315 g/mol. The molecule has 0 spiro atoms. The number of rotatable bonds is 9. The minimum Gasteiger partial charge on any atom is -0.493 e. The van der Waals surface area contributed by atoms with Gasteiger partial charge in [-0.2, -0.15) is 0 Å². The Hall–Kier alpha value is -1.60. The Balaban J connectivity index is 2.57. The van der Waals surface area contributed by atoms with Gasteiger partial charge in [-0.05, 0) is 31.2 Å². The van der Waals surface area contributed by atoms with Crippen LogP contribution >= 0.6 is 0 Å². The Bertz CT molecular complexity index is 570. The minimum atomic E-state index is -3.28. The van der Waals surface area contributed by atoms with Crippen LogP contribution in [0.4, 0.5) is 0 Å². The number of aliphatic carboxylic acids is 1. The van der Waals surface area contributed by atoms with Crippen molar-refractivity contribution in [1.29, 1.82) is 0 Å². The Morgan fingerprint density at radius 1 is 1.43 bits per heavy atom. The van der Waals surface area contributed by atoms with Crippen molar-refractivity contribution in [3.8, 4) is 5.75 Å². The molecule has 0 bridgehead atoms. The first kappa shape index (κ1) is 17.5. The lowest BCUT2D eigenvalue weighted by atomic mass is 10.2. The van der Waals surface area contributed by atoms with Crippen LogP contribution in [0.1, 0.15) is 19.8 Å². The molecular weight excluding hydrogens is 294 g/mol. The fraction of sp³-hybridized carbons (Fsp3) is 0.500. The van der Waals surface area contributed by atoms with E-state index < -0.39 is 21.8 Å². The fourth-order valence-electron chi connectivity index (χ4n) is 1.72. The molecular formula is C14H21NO5S. The van der Waals surface area contributed by atoms with E-state index in [1.54, 1.807) is 12.1 Å². The zero-order chi connectivity index (χ0) is 15.9. The largest absolute Gasteiger partial charge is 0.493 e. The standard InChI is InChI=1S/C14H21NO5S/c1-3-8-15-13(14(16)17)7-9-20-11-5-4-6-12(10-11)21(2,18)19/h4-6,10,13,15H,3,7-9H2,1-2H3,(H,16,17). The maximum Gasteiger partial charge on any atom is 0.320 e.